The fourth-order valence-corrected chi connectivity index (χ4v) is 1.40. The van der Waals surface area contributed by atoms with Crippen LogP contribution in [0.15, 0.2) is 16.8 Å². The largest absolute Gasteiger partial charge is 0.475 e. The molecule has 2 aromatic rings. The lowest BCUT2D eigenvalue weighted by molar-refractivity contribution is 0.0652. The fourth-order valence-electron chi connectivity index (χ4n) is 1.40. The first-order valence-corrected chi connectivity index (χ1v) is 4.28. The van der Waals surface area contributed by atoms with Crippen LogP contribution in [0.25, 0.3) is 11.4 Å². The molecule has 6 nitrogen and oxygen atoms in total. The molecule has 2 heterocycles. The smallest absolute Gasteiger partial charge is 0.374 e. The van der Waals surface area contributed by atoms with Crippen LogP contribution >= 0.6 is 0 Å². The Morgan fingerprint density at radius 3 is 2.80 bits per heavy atom. The van der Waals surface area contributed by atoms with Crippen molar-refractivity contribution in [2.75, 3.05) is 0 Å². The van der Waals surface area contributed by atoms with Gasteiger partial charge in [-0.3, -0.25) is 4.68 Å². The molecule has 0 amide bonds. The normalized spacial score (nSPS) is 10.5. The summed E-state index contributed by atoms with van der Waals surface area (Å²) in [5.74, 6) is -1.31. The van der Waals surface area contributed by atoms with Gasteiger partial charge in [0.15, 0.2) is 0 Å². The molecule has 78 valence electrons. The van der Waals surface area contributed by atoms with Crippen LogP contribution in [0.4, 0.5) is 0 Å². The number of carbonyl (C=O) groups is 1. The summed E-state index contributed by atoms with van der Waals surface area (Å²) in [7, 11) is 1.76. The topological polar surface area (TPSA) is 81.2 Å². The second kappa shape index (κ2) is 3.23. The maximum atomic E-state index is 10.6. The molecular formula is C9H9N3O3. The van der Waals surface area contributed by atoms with E-state index in [1.165, 1.54) is 6.07 Å². The van der Waals surface area contributed by atoms with Crippen LogP contribution in [0.2, 0.25) is 0 Å². The molecule has 6 heteroatoms. The molecule has 0 bridgehead atoms. The lowest BCUT2D eigenvalue weighted by atomic mass is 10.2. The predicted molar refractivity (Wildman–Crippen MR) is 50.4 cm³/mol. The van der Waals surface area contributed by atoms with Gasteiger partial charge < -0.3 is 9.63 Å². The van der Waals surface area contributed by atoms with Crippen molar-refractivity contribution < 1.29 is 14.4 Å². The molecule has 0 saturated heterocycles. The predicted octanol–water partition coefficient (Wildman–Crippen LogP) is 1.08. The van der Waals surface area contributed by atoms with E-state index in [2.05, 4.69) is 14.8 Å². The van der Waals surface area contributed by atoms with Crippen molar-refractivity contribution in [3.8, 4) is 11.4 Å². The third kappa shape index (κ3) is 1.50. The number of aryl methyl sites for hydroxylation is 2. The standard InChI is InChI=1S/C9H9N3O3/c1-5-4-10-12(2)8(5)6-3-7(9(13)14)15-11-6/h3-4H,1-2H3,(H,13,14). The van der Waals surface area contributed by atoms with Crippen molar-refractivity contribution in [2.45, 2.75) is 6.92 Å². The maximum absolute atomic E-state index is 10.6. The van der Waals surface area contributed by atoms with Crippen molar-refractivity contribution in [3.05, 3.63) is 23.6 Å². The number of rotatable bonds is 2. The Morgan fingerprint density at radius 2 is 2.33 bits per heavy atom. The minimum absolute atomic E-state index is 0.175. The summed E-state index contributed by atoms with van der Waals surface area (Å²) in [5, 5.41) is 16.4. The second-order valence-corrected chi connectivity index (χ2v) is 3.18. The van der Waals surface area contributed by atoms with Gasteiger partial charge in [-0.15, -0.1) is 0 Å². The Labute approximate surface area is 85.1 Å². The number of carboxylic acids is 1. The van der Waals surface area contributed by atoms with Crippen molar-refractivity contribution in [3.63, 3.8) is 0 Å². The lowest BCUT2D eigenvalue weighted by Crippen LogP contribution is -1.94. The van der Waals surface area contributed by atoms with Gasteiger partial charge in [-0.05, 0) is 12.5 Å². The quantitative estimate of drug-likeness (QED) is 0.796. The Bertz CT molecular complexity index is 493. The minimum atomic E-state index is -1.13. The highest BCUT2D eigenvalue weighted by molar-refractivity contribution is 5.85. The van der Waals surface area contributed by atoms with Gasteiger partial charge in [0.2, 0.25) is 5.76 Å². The summed E-state index contributed by atoms with van der Waals surface area (Å²) in [6, 6.07) is 1.38. The highest BCUT2D eigenvalue weighted by Gasteiger charge is 2.16. The molecule has 0 spiro atoms. The van der Waals surface area contributed by atoms with E-state index in [-0.39, 0.29) is 5.76 Å². The Hall–Kier alpha value is -2.11. The molecule has 0 radical (unpaired) electrons. The summed E-state index contributed by atoms with van der Waals surface area (Å²) in [4.78, 5) is 10.6. The second-order valence-electron chi connectivity index (χ2n) is 3.18. The van der Waals surface area contributed by atoms with E-state index in [1.807, 2.05) is 6.92 Å². The third-order valence-corrected chi connectivity index (χ3v) is 2.09. The molecule has 15 heavy (non-hydrogen) atoms. The molecule has 0 saturated carbocycles. The number of hydrogen-bond acceptors (Lipinski definition) is 4. The van der Waals surface area contributed by atoms with E-state index in [1.54, 1.807) is 17.9 Å². The molecule has 0 atom stereocenters. The lowest BCUT2D eigenvalue weighted by Gasteiger charge is -1.96. The Balaban J connectivity index is 2.50. The Morgan fingerprint density at radius 1 is 1.60 bits per heavy atom. The van der Waals surface area contributed by atoms with Gasteiger partial charge >= 0.3 is 5.97 Å². The molecule has 1 N–H and O–H groups in total. The van der Waals surface area contributed by atoms with Gasteiger partial charge in [-0.2, -0.15) is 5.10 Å². The van der Waals surface area contributed by atoms with Crippen LogP contribution in [0.5, 0.6) is 0 Å². The van der Waals surface area contributed by atoms with Crippen LogP contribution in [-0.4, -0.2) is 26.0 Å². The fraction of sp³-hybridized carbons (Fsp3) is 0.222. The van der Waals surface area contributed by atoms with E-state index in [4.69, 9.17) is 5.11 Å². The third-order valence-electron chi connectivity index (χ3n) is 2.09. The van der Waals surface area contributed by atoms with Crippen LogP contribution < -0.4 is 0 Å². The zero-order valence-electron chi connectivity index (χ0n) is 8.26. The first-order valence-electron chi connectivity index (χ1n) is 4.28. The molecule has 0 unspecified atom stereocenters. The van der Waals surface area contributed by atoms with E-state index in [9.17, 15) is 4.79 Å². The molecule has 0 aliphatic rings. The van der Waals surface area contributed by atoms with E-state index in [0.29, 0.717) is 5.69 Å². The van der Waals surface area contributed by atoms with Crippen molar-refractivity contribution in [2.24, 2.45) is 7.05 Å². The minimum Gasteiger partial charge on any atom is -0.475 e. The molecule has 2 aromatic heterocycles. The average Bonchev–Trinajstić information content (AvgIpc) is 2.73. The summed E-state index contributed by atoms with van der Waals surface area (Å²) >= 11 is 0. The molecule has 2 rings (SSSR count). The number of hydrogen-bond donors (Lipinski definition) is 1. The van der Waals surface area contributed by atoms with Crippen molar-refractivity contribution >= 4 is 5.97 Å². The Kier molecular flexibility index (Phi) is 2.03. The molecule has 0 aliphatic carbocycles. The van der Waals surface area contributed by atoms with Crippen LogP contribution in [-0.2, 0) is 7.05 Å². The summed E-state index contributed by atoms with van der Waals surface area (Å²) in [6.45, 7) is 1.87. The summed E-state index contributed by atoms with van der Waals surface area (Å²) < 4.78 is 6.29. The number of aromatic nitrogens is 3. The zero-order chi connectivity index (χ0) is 11.0. The van der Waals surface area contributed by atoms with Gasteiger partial charge in [-0.25, -0.2) is 4.79 Å². The van der Waals surface area contributed by atoms with Gasteiger partial charge in [0, 0.05) is 13.1 Å². The van der Waals surface area contributed by atoms with Gasteiger partial charge in [0.1, 0.15) is 5.69 Å². The SMILES string of the molecule is Cc1cnn(C)c1-c1cc(C(=O)O)on1. The summed E-state index contributed by atoms with van der Waals surface area (Å²) in [5.41, 5.74) is 2.15. The van der Waals surface area contributed by atoms with Crippen LogP contribution in [0.1, 0.15) is 16.1 Å². The number of carboxylic acid groups (broad SMARTS) is 1. The first kappa shape index (κ1) is 9.45. The maximum Gasteiger partial charge on any atom is 0.374 e. The number of nitrogens with zero attached hydrogens (tertiary/aromatic N) is 3. The first-order chi connectivity index (χ1) is 7.09. The van der Waals surface area contributed by atoms with Crippen molar-refractivity contribution in [1.29, 1.82) is 0 Å². The number of aromatic carboxylic acids is 1. The van der Waals surface area contributed by atoms with Gasteiger partial charge in [-0.1, -0.05) is 5.16 Å². The molecule has 0 aliphatic heterocycles. The highest BCUT2D eigenvalue weighted by Crippen LogP contribution is 2.21. The molecule has 0 fully saturated rings. The molecular weight excluding hydrogens is 198 g/mol. The van der Waals surface area contributed by atoms with E-state index < -0.39 is 5.97 Å². The van der Waals surface area contributed by atoms with Gasteiger partial charge in [0.25, 0.3) is 0 Å². The van der Waals surface area contributed by atoms with Gasteiger partial charge in [0.05, 0.1) is 11.9 Å². The summed E-state index contributed by atoms with van der Waals surface area (Å²) in [6.07, 6.45) is 1.68. The van der Waals surface area contributed by atoms with Crippen molar-refractivity contribution in [1.82, 2.24) is 14.9 Å². The van der Waals surface area contributed by atoms with Crippen LogP contribution in [0, 0.1) is 6.92 Å². The van der Waals surface area contributed by atoms with Crippen LogP contribution in [0.3, 0.4) is 0 Å². The van der Waals surface area contributed by atoms with E-state index in [0.717, 1.165) is 11.3 Å². The van der Waals surface area contributed by atoms with E-state index >= 15 is 0 Å². The molecule has 0 aromatic carbocycles. The monoisotopic (exact) mass is 207 g/mol. The highest BCUT2D eigenvalue weighted by atomic mass is 16.5. The zero-order valence-corrected chi connectivity index (χ0v) is 8.26. The average molecular weight is 207 g/mol.